The first-order chi connectivity index (χ1) is 15.1. The van der Waals surface area contributed by atoms with Crippen LogP contribution in [0.3, 0.4) is 0 Å². The van der Waals surface area contributed by atoms with Crippen LogP contribution >= 0.6 is 0 Å². The maximum atomic E-state index is 12.5. The van der Waals surface area contributed by atoms with Crippen LogP contribution < -0.4 is 10.3 Å². The Bertz CT molecular complexity index is 1470. The average Bonchev–Trinajstić information content (AvgIpc) is 3.26. The Labute approximate surface area is 177 Å². The lowest BCUT2D eigenvalue weighted by Crippen LogP contribution is -2.20. The number of hydrogen-bond acceptors (Lipinski definition) is 5. The smallest absolute Gasteiger partial charge is 0.262 e. The summed E-state index contributed by atoms with van der Waals surface area (Å²) in [5, 5.41) is 8.97. The molecule has 152 valence electrons. The average molecular weight is 410 g/mol. The molecular weight excluding hydrogens is 392 g/mol. The molecule has 0 aliphatic rings. The molecule has 0 amide bonds. The normalized spacial score (nSPS) is 11.1. The highest BCUT2D eigenvalue weighted by Gasteiger charge is 2.15. The lowest BCUT2D eigenvalue weighted by molar-refractivity contribution is 0.103. The Hall–Kier alpha value is -4.26. The lowest BCUT2D eigenvalue weighted by Gasteiger charge is -2.09. The van der Waals surface area contributed by atoms with Gasteiger partial charge in [-0.15, -0.1) is 10.2 Å². The van der Waals surface area contributed by atoms with E-state index in [1.54, 1.807) is 49.5 Å². The number of carbonyl (C=O) groups excluding carboxylic acids is 1. The number of ether oxygens (including phenoxy) is 1. The predicted octanol–water partition coefficient (Wildman–Crippen LogP) is 3.39. The number of aryl methyl sites for hydroxylation is 1. The van der Waals surface area contributed by atoms with Crippen molar-refractivity contribution in [2.45, 2.75) is 6.61 Å². The molecule has 0 aliphatic heterocycles. The van der Waals surface area contributed by atoms with Crippen LogP contribution in [0.15, 0.2) is 83.7 Å². The Morgan fingerprint density at radius 3 is 2.32 bits per heavy atom. The number of carbonyl (C=O) groups is 1. The molecule has 0 atom stereocenters. The van der Waals surface area contributed by atoms with E-state index in [1.165, 1.54) is 4.57 Å². The summed E-state index contributed by atoms with van der Waals surface area (Å²) in [6.45, 7) is 0.162. The highest BCUT2D eigenvalue weighted by molar-refractivity contribution is 6.08. The molecule has 2 heterocycles. The molecule has 0 aliphatic carbocycles. The topological polar surface area (TPSA) is 78.5 Å². The van der Waals surface area contributed by atoms with Gasteiger partial charge in [0, 0.05) is 18.2 Å². The van der Waals surface area contributed by atoms with E-state index in [9.17, 15) is 9.59 Å². The summed E-state index contributed by atoms with van der Waals surface area (Å²) in [4.78, 5) is 25.1. The van der Waals surface area contributed by atoms with E-state index in [4.69, 9.17) is 4.74 Å². The molecule has 0 unspecified atom stereocenters. The van der Waals surface area contributed by atoms with Crippen LogP contribution in [-0.2, 0) is 13.7 Å². The van der Waals surface area contributed by atoms with Crippen LogP contribution in [0, 0.1) is 0 Å². The van der Waals surface area contributed by atoms with Crippen LogP contribution in [0.2, 0.25) is 0 Å². The van der Waals surface area contributed by atoms with Crippen LogP contribution in [0.25, 0.3) is 16.7 Å². The molecule has 0 fully saturated rings. The van der Waals surface area contributed by atoms with Crippen LogP contribution in [0.1, 0.15) is 21.7 Å². The first-order valence-electron chi connectivity index (χ1n) is 9.78. The molecule has 7 nitrogen and oxygen atoms in total. The fourth-order valence-electron chi connectivity index (χ4n) is 3.59. The predicted molar refractivity (Wildman–Crippen MR) is 116 cm³/mol. The molecule has 3 aromatic carbocycles. The fourth-order valence-corrected chi connectivity index (χ4v) is 3.59. The molecule has 5 aromatic rings. The number of ketones is 1. The zero-order chi connectivity index (χ0) is 21.4. The van der Waals surface area contributed by atoms with E-state index in [2.05, 4.69) is 10.2 Å². The molecule has 2 aromatic heterocycles. The third-order valence-corrected chi connectivity index (χ3v) is 5.21. The molecule has 7 heteroatoms. The minimum atomic E-state index is -0.123. The quantitative estimate of drug-likeness (QED) is 0.415. The highest BCUT2D eigenvalue weighted by atomic mass is 16.5. The van der Waals surface area contributed by atoms with Gasteiger partial charge in [-0.25, -0.2) is 0 Å². The van der Waals surface area contributed by atoms with Crippen LogP contribution in [-0.4, -0.2) is 24.9 Å². The van der Waals surface area contributed by atoms with Gasteiger partial charge in [0.15, 0.2) is 11.6 Å². The number of fused-ring (bicyclic) bond motifs is 3. The van der Waals surface area contributed by atoms with Crippen molar-refractivity contribution in [3.8, 4) is 5.75 Å². The van der Waals surface area contributed by atoms with Gasteiger partial charge in [-0.3, -0.25) is 18.6 Å². The molecule has 0 saturated heterocycles. The van der Waals surface area contributed by atoms with Crippen molar-refractivity contribution >= 4 is 22.5 Å². The van der Waals surface area contributed by atoms with Gasteiger partial charge in [-0.2, -0.15) is 0 Å². The minimum Gasteiger partial charge on any atom is -0.486 e. The van der Waals surface area contributed by atoms with Crippen LogP contribution in [0.4, 0.5) is 0 Å². The molecule has 0 N–H and O–H groups in total. The van der Waals surface area contributed by atoms with Gasteiger partial charge in [0.05, 0.1) is 10.9 Å². The molecule has 31 heavy (non-hydrogen) atoms. The van der Waals surface area contributed by atoms with E-state index in [-0.39, 0.29) is 17.9 Å². The summed E-state index contributed by atoms with van der Waals surface area (Å²) < 4.78 is 9.19. The standard InChI is InChI=1S/C24H18N4O3/c1-27-23(30)19-9-5-6-10-20(19)28-21(25-26-24(27)28)15-31-18-13-11-17(12-14-18)22(29)16-7-3-2-4-8-16/h2-14H,15H2,1H3. The molecule has 0 bridgehead atoms. The van der Waals surface area contributed by atoms with Gasteiger partial charge in [0.2, 0.25) is 5.78 Å². The minimum absolute atomic E-state index is 0.0389. The summed E-state index contributed by atoms with van der Waals surface area (Å²) in [5.74, 6) is 1.59. The van der Waals surface area contributed by atoms with Crippen molar-refractivity contribution in [2.24, 2.45) is 7.05 Å². The second-order valence-electron chi connectivity index (χ2n) is 7.14. The Morgan fingerprint density at radius 2 is 1.55 bits per heavy atom. The van der Waals surface area contributed by atoms with Gasteiger partial charge < -0.3 is 4.74 Å². The summed E-state index contributed by atoms with van der Waals surface area (Å²) in [6, 6.07) is 23.5. The second kappa shape index (κ2) is 7.53. The number of aromatic nitrogens is 4. The van der Waals surface area contributed by atoms with E-state index >= 15 is 0 Å². The monoisotopic (exact) mass is 410 g/mol. The number of hydrogen-bond donors (Lipinski definition) is 0. The molecule has 0 radical (unpaired) electrons. The summed E-state index contributed by atoms with van der Waals surface area (Å²) >= 11 is 0. The lowest BCUT2D eigenvalue weighted by atomic mass is 10.0. The zero-order valence-electron chi connectivity index (χ0n) is 16.7. The van der Waals surface area contributed by atoms with E-state index in [0.717, 1.165) is 5.52 Å². The Kier molecular flexibility index (Phi) is 4.55. The van der Waals surface area contributed by atoms with E-state index < -0.39 is 0 Å². The molecular formula is C24H18N4O3. The summed E-state index contributed by atoms with van der Waals surface area (Å²) in [6.07, 6.45) is 0. The molecule has 5 rings (SSSR count). The first kappa shape index (κ1) is 18.7. The first-order valence-corrected chi connectivity index (χ1v) is 9.78. The van der Waals surface area contributed by atoms with Gasteiger partial charge in [-0.05, 0) is 36.4 Å². The maximum absolute atomic E-state index is 12.5. The second-order valence-corrected chi connectivity index (χ2v) is 7.14. The highest BCUT2D eigenvalue weighted by Crippen LogP contribution is 2.18. The Balaban J connectivity index is 1.42. The van der Waals surface area contributed by atoms with Gasteiger partial charge in [-0.1, -0.05) is 42.5 Å². The van der Waals surface area contributed by atoms with Gasteiger partial charge >= 0.3 is 0 Å². The fraction of sp³-hybridized carbons (Fsp3) is 0.0833. The van der Waals surface area contributed by atoms with Crippen molar-refractivity contribution in [2.75, 3.05) is 0 Å². The number of rotatable bonds is 5. The number of benzene rings is 3. The Morgan fingerprint density at radius 1 is 0.871 bits per heavy atom. The van der Waals surface area contributed by atoms with E-state index in [1.807, 2.05) is 40.8 Å². The van der Waals surface area contributed by atoms with Crippen molar-refractivity contribution in [3.63, 3.8) is 0 Å². The summed E-state index contributed by atoms with van der Waals surface area (Å²) in [7, 11) is 1.67. The van der Waals surface area contributed by atoms with Crippen molar-refractivity contribution < 1.29 is 9.53 Å². The molecule has 0 spiro atoms. The van der Waals surface area contributed by atoms with Gasteiger partial charge in [0.1, 0.15) is 12.4 Å². The third kappa shape index (κ3) is 3.26. The largest absolute Gasteiger partial charge is 0.486 e. The van der Waals surface area contributed by atoms with Crippen molar-refractivity contribution in [1.29, 1.82) is 0 Å². The zero-order valence-corrected chi connectivity index (χ0v) is 16.7. The SMILES string of the molecule is Cn1c(=O)c2ccccc2n2c(COc3ccc(C(=O)c4ccccc4)cc3)nnc12. The molecule has 0 saturated carbocycles. The maximum Gasteiger partial charge on any atom is 0.262 e. The number of nitrogens with zero attached hydrogens (tertiary/aromatic N) is 4. The van der Waals surface area contributed by atoms with Gasteiger partial charge in [0.25, 0.3) is 5.56 Å². The summed E-state index contributed by atoms with van der Waals surface area (Å²) in [5.41, 5.74) is 1.84. The number of para-hydroxylation sites is 1. The van der Waals surface area contributed by atoms with Crippen molar-refractivity contribution in [3.05, 3.63) is 106 Å². The van der Waals surface area contributed by atoms with Crippen molar-refractivity contribution in [1.82, 2.24) is 19.2 Å². The van der Waals surface area contributed by atoms with Crippen LogP contribution in [0.5, 0.6) is 5.75 Å². The van der Waals surface area contributed by atoms with E-state index in [0.29, 0.717) is 33.9 Å². The third-order valence-electron chi connectivity index (χ3n) is 5.21.